The molecule has 9 heteroatoms. The van der Waals surface area contributed by atoms with Crippen molar-refractivity contribution in [2.24, 2.45) is 10.9 Å². The second kappa shape index (κ2) is 9.93. The number of nitrogens with one attached hydrogen (secondary N) is 1. The zero-order chi connectivity index (χ0) is 24.5. The molecule has 2 aromatic rings. The Labute approximate surface area is 203 Å². The number of aliphatic hydroxyl groups is 1. The smallest absolute Gasteiger partial charge is 0.338 e. The maximum absolute atomic E-state index is 14.5. The van der Waals surface area contributed by atoms with Crippen molar-refractivity contribution in [2.75, 3.05) is 26.2 Å². The highest BCUT2D eigenvalue weighted by atomic mass is 32.1. The standard InChI is InChI=1S/C25H31FN4O3S/c1-5-33-24(31)20-19(13-30-11-9-15(2)25(4,32)14-30)28-22(23-27-10-12-34-23)29-21(20)17-7-6-8-18(26)16(17)3/h6-8,10,12,15,21,32H,5,9,11,13-14H2,1-4H3,(H,28,29)/t15?,21-,25+/m0/s1. The Morgan fingerprint density at radius 2 is 2.24 bits per heavy atom. The van der Waals surface area contributed by atoms with Gasteiger partial charge in [-0.3, -0.25) is 9.89 Å². The lowest BCUT2D eigenvalue weighted by Crippen LogP contribution is -2.52. The molecule has 3 atom stereocenters. The van der Waals surface area contributed by atoms with E-state index in [1.807, 2.05) is 12.3 Å². The summed E-state index contributed by atoms with van der Waals surface area (Å²) in [6.07, 6.45) is 2.54. The number of amidine groups is 1. The number of carbonyl (C=O) groups excluding carboxylic acids is 1. The van der Waals surface area contributed by atoms with Crippen molar-refractivity contribution in [3.63, 3.8) is 0 Å². The number of rotatable bonds is 6. The minimum absolute atomic E-state index is 0.178. The van der Waals surface area contributed by atoms with E-state index < -0.39 is 17.6 Å². The molecular formula is C25H31FN4O3S. The monoisotopic (exact) mass is 486 g/mol. The van der Waals surface area contributed by atoms with Crippen LogP contribution in [-0.2, 0) is 9.53 Å². The first-order valence-corrected chi connectivity index (χ1v) is 12.4. The molecule has 2 aliphatic rings. The van der Waals surface area contributed by atoms with Gasteiger partial charge in [-0.2, -0.15) is 0 Å². The molecule has 0 aliphatic carbocycles. The van der Waals surface area contributed by atoms with Crippen LogP contribution in [0.2, 0.25) is 0 Å². The fourth-order valence-electron chi connectivity index (χ4n) is 4.50. The molecular weight excluding hydrogens is 455 g/mol. The second-order valence-corrected chi connectivity index (χ2v) is 10.1. The van der Waals surface area contributed by atoms with E-state index in [1.54, 1.807) is 32.2 Å². The Morgan fingerprint density at radius 3 is 2.91 bits per heavy atom. The fourth-order valence-corrected chi connectivity index (χ4v) is 5.09. The molecule has 0 amide bonds. The Morgan fingerprint density at radius 1 is 1.44 bits per heavy atom. The van der Waals surface area contributed by atoms with E-state index in [4.69, 9.17) is 9.73 Å². The molecule has 0 bridgehead atoms. The van der Waals surface area contributed by atoms with Gasteiger partial charge in [0.25, 0.3) is 0 Å². The normalized spacial score (nSPS) is 25.6. The largest absolute Gasteiger partial charge is 0.463 e. The highest BCUT2D eigenvalue weighted by Crippen LogP contribution is 2.36. The number of halogens is 1. The first-order chi connectivity index (χ1) is 16.2. The van der Waals surface area contributed by atoms with Crippen molar-refractivity contribution in [2.45, 2.75) is 45.8 Å². The van der Waals surface area contributed by atoms with Crippen LogP contribution in [-0.4, -0.2) is 58.6 Å². The Hall–Kier alpha value is -2.62. The summed E-state index contributed by atoms with van der Waals surface area (Å²) in [7, 11) is 0. The molecule has 4 rings (SSSR count). The molecule has 2 N–H and O–H groups in total. The van der Waals surface area contributed by atoms with Crippen molar-refractivity contribution in [1.29, 1.82) is 0 Å². The third-order valence-corrected chi connectivity index (χ3v) is 7.51. The number of piperidine rings is 1. The summed E-state index contributed by atoms with van der Waals surface area (Å²) in [5.41, 5.74) is 1.21. The van der Waals surface area contributed by atoms with E-state index >= 15 is 0 Å². The molecule has 0 spiro atoms. The van der Waals surface area contributed by atoms with E-state index in [1.165, 1.54) is 17.4 Å². The van der Waals surface area contributed by atoms with E-state index in [-0.39, 0.29) is 18.3 Å². The van der Waals surface area contributed by atoms with Gasteiger partial charge in [-0.15, -0.1) is 11.3 Å². The van der Waals surface area contributed by atoms with Crippen LogP contribution in [0.4, 0.5) is 4.39 Å². The maximum atomic E-state index is 14.5. The molecule has 0 saturated carbocycles. The molecule has 1 aromatic heterocycles. The molecule has 1 unspecified atom stereocenters. The average Bonchev–Trinajstić information content (AvgIpc) is 3.33. The van der Waals surface area contributed by atoms with Crippen molar-refractivity contribution < 1.29 is 19.0 Å². The number of thiazole rings is 1. The van der Waals surface area contributed by atoms with Gasteiger partial charge in [-0.25, -0.2) is 14.2 Å². The third kappa shape index (κ3) is 4.92. The quantitative estimate of drug-likeness (QED) is 0.607. The van der Waals surface area contributed by atoms with Gasteiger partial charge >= 0.3 is 5.97 Å². The van der Waals surface area contributed by atoms with Crippen LogP contribution in [0.3, 0.4) is 0 Å². The molecule has 1 aromatic carbocycles. The van der Waals surface area contributed by atoms with Gasteiger partial charge in [-0.05, 0) is 56.8 Å². The summed E-state index contributed by atoms with van der Waals surface area (Å²) in [6.45, 7) is 9.21. The first kappa shape index (κ1) is 24.5. The molecule has 2 aliphatic heterocycles. The van der Waals surface area contributed by atoms with Crippen LogP contribution < -0.4 is 5.32 Å². The van der Waals surface area contributed by atoms with Gasteiger partial charge in [-0.1, -0.05) is 19.1 Å². The molecule has 1 saturated heterocycles. The Bertz CT molecular complexity index is 1110. The lowest BCUT2D eigenvalue weighted by molar-refractivity contribution is -0.139. The molecule has 0 radical (unpaired) electrons. The number of ether oxygens (including phenoxy) is 1. The number of likely N-dealkylation sites (tertiary alicyclic amines) is 1. The molecule has 34 heavy (non-hydrogen) atoms. The summed E-state index contributed by atoms with van der Waals surface area (Å²) in [4.78, 5) is 24.6. The summed E-state index contributed by atoms with van der Waals surface area (Å²) in [5.74, 6) is -0.133. The number of aliphatic imine (C=N–C) groups is 1. The van der Waals surface area contributed by atoms with Crippen molar-refractivity contribution in [3.05, 3.63) is 63.0 Å². The zero-order valence-electron chi connectivity index (χ0n) is 20.0. The van der Waals surface area contributed by atoms with Gasteiger partial charge in [0.05, 0.1) is 17.8 Å². The predicted octanol–water partition coefficient (Wildman–Crippen LogP) is 3.59. The van der Waals surface area contributed by atoms with Crippen LogP contribution >= 0.6 is 11.3 Å². The predicted molar refractivity (Wildman–Crippen MR) is 130 cm³/mol. The number of hydrogen-bond donors (Lipinski definition) is 2. The van der Waals surface area contributed by atoms with E-state index in [9.17, 15) is 14.3 Å². The number of esters is 1. The van der Waals surface area contributed by atoms with E-state index in [0.29, 0.717) is 46.3 Å². The number of hydrogen-bond acceptors (Lipinski definition) is 8. The summed E-state index contributed by atoms with van der Waals surface area (Å²) < 4.78 is 20.0. The summed E-state index contributed by atoms with van der Waals surface area (Å²) in [5, 5.41) is 16.7. The van der Waals surface area contributed by atoms with Crippen molar-refractivity contribution >= 4 is 23.1 Å². The molecule has 182 valence electrons. The minimum atomic E-state index is -0.831. The third-order valence-electron chi connectivity index (χ3n) is 6.73. The molecule has 7 nitrogen and oxygen atoms in total. The summed E-state index contributed by atoms with van der Waals surface area (Å²) >= 11 is 1.43. The average molecular weight is 487 g/mol. The van der Waals surface area contributed by atoms with Crippen molar-refractivity contribution in [1.82, 2.24) is 15.2 Å². The molecule has 1 fully saturated rings. The van der Waals surface area contributed by atoms with Gasteiger partial charge in [0.1, 0.15) is 11.9 Å². The number of β-amino-alcohol motifs (C(OH)–C–C–N with tert-alkyl or cyclic N) is 1. The van der Waals surface area contributed by atoms with Crippen LogP contribution in [0.1, 0.15) is 49.4 Å². The number of carbonyl (C=O) groups is 1. The lowest BCUT2D eigenvalue weighted by atomic mass is 9.84. The SMILES string of the molecule is CCOC(=O)C1=C(CN2CCC(C)[C@](C)(O)C2)NC(c2nccs2)=N[C@H]1c1cccc(F)c1C. The van der Waals surface area contributed by atoms with Gasteiger partial charge < -0.3 is 15.2 Å². The maximum Gasteiger partial charge on any atom is 0.338 e. The number of aromatic nitrogens is 1. The highest BCUT2D eigenvalue weighted by Gasteiger charge is 2.38. The highest BCUT2D eigenvalue weighted by molar-refractivity contribution is 7.11. The first-order valence-electron chi connectivity index (χ1n) is 11.6. The van der Waals surface area contributed by atoms with Gasteiger partial charge in [0.2, 0.25) is 0 Å². The van der Waals surface area contributed by atoms with Crippen LogP contribution in [0, 0.1) is 18.7 Å². The zero-order valence-corrected chi connectivity index (χ0v) is 20.8. The fraction of sp³-hybridized carbons (Fsp3) is 0.480. The molecule has 3 heterocycles. The Balaban J connectivity index is 1.81. The number of nitrogens with zero attached hydrogens (tertiary/aromatic N) is 3. The summed E-state index contributed by atoms with van der Waals surface area (Å²) in [6, 6.07) is 4.08. The van der Waals surface area contributed by atoms with Gasteiger partial charge in [0, 0.05) is 30.4 Å². The van der Waals surface area contributed by atoms with Crippen LogP contribution in [0.25, 0.3) is 0 Å². The van der Waals surface area contributed by atoms with Crippen LogP contribution in [0.5, 0.6) is 0 Å². The minimum Gasteiger partial charge on any atom is -0.463 e. The van der Waals surface area contributed by atoms with Crippen LogP contribution in [0.15, 0.2) is 46.0 Å². The van der Waals surface area contributed by atoms with Crippen molar-refractivity contribution in [3.8, 4) is 0 Å². The van der Waals surface area contributed by atoms with E-state index in [0.717, 1.165) is 13.0 Å². The lowest BCUT2D eigenvalue weighted by Gasteiger charge is -2.42. The Kier molecular flexibility index (Phi) is 7.16. The number of benzene rings is 1. The van der Waals surface area contributed by atoms with Gasteiger partial charge in [0.15, 0.2) is 10.8 Å². The van der Waals surface area contributed by atoms with E-state index in [2.05, 4.69) is 22.1 Å². The topological polar surface area (TPSA) is 87.0 Å². The second-order valence-electron chi connectivity index (χ2n) is 9.17.